The fourth-order valence-electron chi connectivity index (χ4n) is 2.18. The van der Waals surface area contributed by atoms with Gasteiger partial charge in [-0.3, -0.25) is 9.78 Å². The Bertz CT molecular complexity index is 855. The van der Waals surface area contributed by atoms with E-state index in [0.29, 0.717) is 10.6 Å². The summed E-state index contributed by atoms with van der Waals surface area (Å²) in [7, 11) is 0. The number of fused-ring (bicyclic) bond motifs is 1. The number of pyridine rings is 1. The predicted octanol–water partition coefficient (Wildman–Crippen LogP) is 3.92. The number of primary amides is 1. The molecule has 2 heterocycles. The molecule has 0 spiro atoms. The first-order valence-electron chi connectivity index (χ1n) is 6.73. The van der Waals surface area contributed by atoms with Crippen molar-refractivity contribution < 1.29 is 9.53 Å². The van der Waals surface area contributed by atoms with Crippen molar-refractivity contribution in [2.24, 2.45) is 5.73 Å². The van der Waals surface area contributed by atoms with E-state index in [4.69, 9.17) is 10.5 Å². The van der Waals surface area contributed by atoms with Gasteiger partial charge in [-0.25, -0.2) is 0 Å². The fraction of sp³-hybridized carbons (Fsp3) is 0.0588. The Morgan fingerprint density at radius 2 is 2.14 bits per heavy atom. The first-order chi connectivity index (χ1) is 10.7. The van der Waals surface area contributed by atoms with Crippen LogP contribution in [0.25, 0.3) is 10.1 Å². The highest BCUT2D eigenvalue weighted by Crippen LogP contribution is 2.35. The molecule has 0 aliphatic heterocycles. The predicted molar refractivity (Wildman–Crippen MR) is 88.6 cm³/mol. The molecule has 0 aliphatic carbocycles. The molecular weight excluding hydrogens is 296 g/mol. The second-order valence-corrected chi connectivity index (χ2v) is 5.81. The van der Waals surface area contributed by atoms with Gasteiger partial charge in [0, 0.05) is 11.6 Å². The van der Waals surface area contributed by atoms with Crippen molar-refractivity contribution in [3.05, 3.63) is 65.8 Å². The summed E-state index contributed by atoms with van der Waals surface area (Å²) in [4.78, 5) is 16.0. The summed E-state index contributed by atoms with van der Waals surface area (Å²) in [5, 5.41) is 0.835. The molecular formula is C17H14N2O2S. The second kappa shape index (κ2) is 5.99. The Labute approximate surface area is 131 Å². The first-order valence-corrected chi connectivity index (χ1v) is 7.54. The molecule has 22 heavy (non-hydrogen) atoms. The van der Waals surface area contributed by atoms with Crippen molar-refractivity contribution in [2.45, 2.75) is 6.42 Å². The number of rotatable bonds is 5. The third-order valence-corrected chi connectivity index (χ3v) is 4.29. The van der Waals surface area contributed by atoms with Crippen LogP contribution >= 0.6 is 11.3 Å². The minimum Gasteiger partial charge on any atom is -0.455 e. The molecule has 5 heteroatoms. The van der Waals surface area contributed by atoms with Crippen molar-refractivity contribution >= 4 is 27.3 Å². The highest BCUT2D eigenvalue weighted by molar-refractivity contribution is 7.20. The molecule has 0 saturated carbocycles. The maximum atomic E-state index is 11.3. The van der Waals surface area contributed by atoms with Crippen molar-refractivity contribution in [2.75, 3.05) is 0 Å². The Kier molecular flexibility index (Phi) is 3.89. The number of aromatic nitrogens is 1. The number of allylic oxidation sites excluding steroid dienone is 1. The number of hydrogen-bond acceptors (Lipinski definition) is 4. The average Bonchev–Trinajstić information content (AvgIpc) is 2.95. The van der Waals surface area contributed by atoms with E-state index < -0.39 is 5.91 Å². The van der Waals surface area contributed by atoms with Crippen LogP contribution in [0.2, 0.25) is 0 Å². The number of benzene rings is 1. The zero-order chi connectivity index (χ0) is 15.5. The van der Waals surface area contributed by atoms with E-state index in [-0.39, 0.29) is 0 Å². The quantitative estimate of drug-likeness (QED) is 0.726. The van der Waals surface area contributed by atoms with Crippen LogP contribution in [0.3, 0.4) is 0 Å². The lowest BCUT2D eigenvalue weighted by Crippen LogP contribution is -2.08. The number of carbonyl (C=O) groups is 1. The number of ether oxygens (including phenoxy) is 1. The van der Waals surface area contributed by atoms with Crippen molar-refractivity contribution in [3.63, 3.8) is 0 Å². The summed E-state index contributed by atoms with van der Waals surface area (Å²) in [5.74, 6) is 0.917. The number of amides is 1. The number of hydrogen-bond donors (Lipinski definition) is 1. The van der Waals surface area contributed by atoms with Crippen molar-refractivity contribution in [3.8, 4) is 11.5 Å². The molecule has 1 amide bonds. The highest BCUT2D eigenvalue weighted by Gasteiger charge is 2.12. The summed E-state index contributed by atoms with van der Waals surface area (Å²) in [6.07, 6.45) is 5.89. The lowest BCUT2D eigenvalue weighted by molar-refractivity contribution is 0.100. The van der Waals surface area contributed by atoms with E-state index in [1.807, 2.05) is 30.3 Å². The van der Waals surface area contributed by atoms with Gasteiger partial charge in [0.1, 0.15) is 5.75 Å². The lowest BCUT2D eigenvalue weighted by atomic mass is 10.1. The van der Waals surface area contributed by atoms with Crippen LogP contribution < -0.4 is 10.5 Å². The van der Waals surface area contributed by atoms with Crippen molar-refractivity contribution in [1.29, 1.82) is 0 Å². The molecule has 1 aromatic carbocycles. The van der Waals surface area contributed by atoms with Gasteiger partial charge in [-0.15, -0.1) is 17.9 Å². The summed E-state index contributed by atoms with van der Waals surface area (Å²) < 4.78 is 6.88. The second-order valence-electron chi connectivity index (χ2n) is 4.73. The molecule has 0 atom stereocenters. The molecule has 3 aromatic rings. The van der Waals surface area contributed by atoms with E-state index in [9.17, 15) is 4.79 Å². The van der Waals surface area contributed by atoms with Crippen LogP contribution in [0.4, 0.5) is 0 Å². The van der Waals surface area contributed by atoms with E-state index in [2.05, 4.69) is 11.6 Å². The smallest absolute Gasteiger partial charge is 0.258 e. The van der Waals surface area contributed by atoms with E-state index in [1.54, 1.807) is 18.5 Å². The molecule has 0 saturated heterocycles. The average molecular weight is 310 g/mol. The topological polar surface area (TPSA) is 65.2 Å². The Hall–Kier alpha value is -2.66. The summed E-state index contributed by atoms with van der Waals surface area (Å²) in [6.45, 7) is 3.76. The zero-order valence-corrected chi connectivity index (χ0v) is 12.6. The monoisotopic (exact) mass is 310 g/mol. The molecule has 2 N–H and O–H groups in total. The van der Waals surface area contributed by atoms with Crippen LogP contribution in [0.5, 0.6) is 11.5 Å². The van der Waals surface area contributed by atoms with Gasteiger partial charge in [0.15, 0.2) is 5.75 Å². The Morgan fingerprint density at radius 3 is 2.91 bits per heavy atom. The highest BCUT2D eigenvalue weighted by atomic mass is 32.1. The number of nitrogens with two attached hydrogens (primary N) is 1. The lowest BCUT2D eigenvalue weighted by Gasteiger charge is -2.10. The number of thiophene rings is 1. The number of para-hydroxylation sites is 1. The maximum Gasteiger partial charge on any atom is 0.258 e. The zero-order valence-electron chi connectivity index (χ0n) is 11.8. The third-order valence-electron chi connectivity index (χ3n) is 3.21. The largest absolute Gasteiger partial charge is 0.455 e. The molecule has 4 nitrogen and oxygen atoms in total. The molecule has 0 fully saturated rings. The SMILES string of the molecule is C=CCc1ccccc1Oc1cncc2sc(C(N)=O)cc12. The Morgan fingerprint density at radius 1 is 1.32 bits per heavy atom. The summed E-state index contributed by atoms with van der Waals surface area (Å²) in [6, 6.07) is 9.51. The summed E-state index contributed by atoms with van der Waals surface area (Å²) in [5.41, 5.74) is 6.38. The maximum absolute atomic E-state index is 11.3. The van der Waals surface area contributed by atoms with Gasteiger partial charge in [0.2, 0.25) is 0 Å². The number of nitrogens with zero attached hydrogens (tertiary/aromatic N) is 1. The third kappa shape index (κ3) is 2.71. The van der Waals surface area contributed by atoms with E-state index in [1.165, 1.54) is 11.3 Å². The van der Waals surface area contributed by atoms with Crippen LogP contribution in [-0.2, 0) is 6.42 Å². The minimum atomic E-state index is -0.445. The fourth-order valence-corrected chi connectivity index (χ4v) is 3.08. The van der Waals surface area contributed by atoms with Crippen LogP contribution in [-0.4, -0.2) is 10.9 Å². The molecule has 0 bridgehead atoms. The van der Waals surface area contributed by atoms with Gasteiger partial charge in [0.05, 0.1) is 15.8 Å². The molecule has 0 aliphatic rings. The van der Waals surface area contributed by atoms with Gasteiger partial charge in [-0.05, 0) is 24.1 Å². The first kappa shape index (κ1) is 14.3. The molecule has 0 radical (unpaired) electrons. The minimum absolute atomic E-state index is 0.445. The van der Waals surface area contributed by atoms with Crippen LogP contribution in [0.1, 0.15) is 15.2 Å². The standard InChI is InChI=1S/C17H14N2O2S/c1-2-5-11-6-3-4-7-13(11)21-14-9-19-10-16-12(14)8-15(22-16)17(18)20/h2-4,6-10H,1,5H2,(H2,18,20). The number of carbonyl (C=O) groups excluding carboxylic acids is 1. The van der Waals surface area contributed by atoms with Crippen LogP contribution in [0, 0.1) is 0 Å². The van der Waals surface area contributed by atoms with Crippen molar-refractivity contribution in [1.82, 2.24) is 4.98 Å². The van der Waals surface area contributed by atoms with Crippen LogP contribution in [0.15, 0.2) is 55.4 Å². The Balaban J connectivity index is 2.04. The van der Waals surface area contributed by atoms with Gasteiger partial charge in [-0.1, -0.05) is 24.3 Å². The van der Waals surface area contributed by atoms with E-state index in [0.717, 1.165) is 27.8 Å². The normalized spacial score (nSPS) is 10.5. The molecule has 110 valence electrons. The van der Waals surface area contributed by atoms with Gasteiger partial charge in [-0.2, -0.15) is 0 Å². The molecule has 0 unspecified atom stereocenters. The van der Waals surface area contributed by atoms with Gasteiger partial charge in [0.25, 0.3) is 5.91 Å². The molecule has 2 aromatic heterocycles. The summed E-state index contributed by atoms with van der Waals surface area (Å²) >= 11 is 1.31. The van der Waals surface area contributed by atoms with E-state index >= 15 is 0 Å². The molecule has 3 rings (SSSR count). The van der Waals surface area contributed by atoms with Gasteiger partial charge < -0.3 is 10.5 Å². The van der Waals surface area contributed by atoms with Gasteiger partial charge >= 0.3 is 0 Å².